The number of fused-ring (bicyclic) bond motifs is 1. The monoisotopic (exact) mass is 336 g/mol. The van der Waals surface area contributed by atoms with Crippen molar-refractivity contribution in [3.63, 3.8) is 0 Å². The second-order valence-corrected chi connectivity index (χ2v) is 6.62. The van der Waals surface area contributed by atoms with Gasteiger partial charge in [0, 0.05) is 0 Å². The number of hydrogen-bond donors (Lipinski definition) is 2. The van der Waals surface area contributed by atoms with E-state index in [2.05, 4.69) is 6.58 Å². The van der Waals surface area contributed by atoms with Crippen LogP contribution >= 0.6 is 0 Å². The van der Waals surface area contributed by atoms with E-state index in [1.54, 1.807) is 13.8 Å². The summed E-state index contributed by atoms with van der Waals surface area (Å²) >= 11 is 0. The lowest BCUT2D eigenvalue weighted by atomic mass is 9.81. The number of rotatable bonds is 6. The van der Waals surface area contributed by atoms with E-state index in [0.29, 0.717) is 0 Å². The van der Waals surface area contributed by atoms with Crippen LogP contribution in [0, 0.1) is 0 Å². The van der Waals surface area contributed by atoms with Gasteiger partial charge in [-0.05, 0) is 19.4 Å². The molecule has 6 nitrogen and oxygen atoms in total. The van der Waals surface area contributed by atoms with Crippen molar-refractivity contribution in [2.75, 3.05) is 13.2 Å². The lowest BCUT2D eigenvalue weighted by Gasteiger charge is -2.42. The normalized spacial score (nSPS) is 33.3. The third kappa shape index (κ3) is 2.60. The summed E-state index contributed by atoms with van der Waals surface area (Å²) in [6.07, 6.45) is 0.138. The number of benzene rings is 1. The fraction of sp³-hybridized carbons (Fsp3) is 0.556. The van der Waals surface area contributed by atoms with Gasteiger partial charge in [-0.1, -0.05) is 36.4 Å². The highest BCUT2D eigenvalue weighted by atomic mass is 16.8. The molecule has 132 valence electrons. The summed E-state index contributed by atoms with van der Waals surface area (Å²) < 4.78 is 23.7. The Morgan fingerprint density at radius 2 is 1.79 bits per heavy atom. The topological polar surface area (TPSA) is 77.4 Å². The van der Waals surface area contributed by atoms with Crippen molar-refractivity contribution in [3.8, 4) is 0 Å². The molecular weight excluding hydrogens is 312 g/mol. The molecule has 3 atom stereocenters. The van der Waals surface area contributed by atoms with Crippen LogP contribution in [0.25, 0.3) is 0 Å². The standard InChI is InChI=1S/C18H24O6/c1-4-18(21-10-13-8-6-5-7-9-13)14-15(23-16(2,3)22-14)24-17(18,11-19)12-20/h4-9,14-15,19-20H,1,10-12H2,2-3H3/t14-,15-,18-/m0/s1. The molecular formula is C18H24O6. The largest absolute Gasteiger partial charge is 0.393 e. The Hall–Kier alpha value is -1.28. The molecule has 3 rings (SSSR count). The van der Waals surface area contributed by atoms with Crippen molar-refractivity contribution in [3.05, 3.63) is 48.6 Å². The minimum absolute atomic E-state index is 0.255. The van der Waals surface area contributed by atoms with E-state index >= 15 is 0 Å². The molecule has 2 aliphatic heterocycles. The lowest BCUT2D eigenvalue weighted by molar-refractivity contribution is -0.273. The molecule has 0 aliphatic carbocycles. The molecule has 2 aliphatic rings. The van der Waals surface area contributed by atoms with E-state index in [9.17, 15) is 10.2 Å². The van der Waals surface area contributed by atoms with Crippen molar-refractivity contribution in [2.45, 2.75) is 49.8 Å². The Balaban J connectivity index is 1.94. The number of aliphatic hydroxyl groups excluding tert-OH is 2. The highest BCUT2D eigenvalue weighted by molar-refractivity contribution is 5.24. The highest BCUT2D eigenvalue weighted by Gasteiger charge is 2.70. The van der Waals surface area contributed by atoms with Gasteiger partial charge in [0.15, 0.2) is 23.3 Å². The Labute approximate surface area is 141 Å². The van der Waals surface area contributed by atoms with Gasteiger partial charge in [0.2, 0.25) is 0 Å². The zero-order chi connectivity index (χ0) is 17.4. The van der Waals surface area contributed by atoms with E-state index < -0.39 is 42.6 Å². The second-order valence-electron chi connectivity index (χ2n) is 6.62. The van der Waals surface area contributed by atoms with Crippen molar-refractivity contribution in [1.82, 2.24) is 0 Å². The molecule has 0 spiro atoms. The summed E-state index contributed by atoms with van der Waals surface area (Å²) in [7, 11) is 0. The van der Waals surface area contributed by atoms with E-state index in [0.717, 1.165) is 5.56 Å². The fourth-order valence-electron chi connectivity index (χ4n) is 3.40. The van der Waals surface area contributed by atoms with Gasteiger partial charge >= 0.3 is 0 Å². The maximum Gasteiger partial charge on any atom is 0.191 e. The number of aliphatic hydroxyl groups is 2. The van der Waals surface area contributed by atoms with Crippen molar-refractivity contribution >= 4 is 0 Å². The molecule has 2 fully saturated rings. The lowest BCUT2D eigenvalue weighted by Crippen LogP contribution is -2.61. The first-order valence-electron chi connectivity index (χ1n) is 7.99. The number of ether oxygens (including phenoxy) is 4. The van der Waals surface area contributed by atoms with Crippen LogP contribution < -0.4 is 0 Å². The Morgan fingerprint density at radius 3 is 2.38 bits per heavy atom. The SMILES string of the molecule is C=C[C@]1(OCc2ccccc2)[C@H]2OC(C)(C)O[C@H]2OC1(CO)CO. The molecule has 0 bridgehead atoms. The molecule has 24 heavy (non-hydrogen) atoms. The van der Waals surface area contributed by atoms with E-state index in [4.69, 9.17) is 18.9 Å². The van der Waals surface area contributed by atoms with Crippen LogP contribution in [-0.4, -0.2) is 52.8 Å². The van der Waals surface area contributed by atoms with Crippen LogP contribution in [0.15, 0.2) is 43.0 Å². The Morgan fingerprint density at radius 1 is 1.12 bits per heavy atom. The van der Waals surface area contributed by atoms with Crippen LogP contribution in [-0.2, 0) is 25.6 Å². The molecule has 6 heteroatoms. The maximum atomic E-state index is 9.94. The average molecular weight is 336 g/mol. The van der Waals surface area contributed by atoms with Crippen molar-refractivity contribution in [1.29, 1.82) is 0 Å². The summed E-state index contributed by atoms with van der Waals surface area (Å²) in [4.78, 5) is 0. The molecule has 1 aromatic rings. The second kappa shape index (κ2) is 6.22. The highest BCUT2D eigenvalue weighted by Crippen LogP contribution is 2.51. The molecule has 0 aromatic heterocycles. The third-order valence-corrected chi connectivity index (χ3v) is 4.67. The Kier molecular flexibility index (Phi) is 4.55. The third-order valence-electron chi connectivity index (χ3n) is 4.67. The van der Waals surface area contributed by atoms with Crippen molar-refractivity contribution < 1.29 is 29.2 Å². The minimum Gasteiger partial charge on any atom is -0.393 e. The molecule has 2 N–H and O–H groups in total. The zero-order valence-electron chi connectivity index (χ0n) is 14.0. The zero-order valence-corrected chi connectivity index (χ0v) is 14.0. The van der Waals surface area contributed by atoms with E-state index in [1.165, 1.54) is 6.08 Å². The van der Waals surface area contributed by atoms with Gasteiger partial charge in [-0.15, -0.1) is 6.58 Å². The van der Waals surface area contributed by atoms with Crippen LogP contribution in [0.3, 0.4) is 0 Å². The van der Waals surface area contributed by atoms with E-state index in [1.807, 2.05) is 30.3 Å². The maximum absolute atomic E-state index is 9.94. The first-order valence-corrected chi connectivity index (χ1v) is 7.99. The minimum atomic E-state index is -1.39. The van der Waals surface area contributed by atoms with Gasteiger partial charge in [0.25, 0.3) is 0 Å². The summed E-state index contributed by atoms with van der Waals surface area (Å²) in [6.45, 7) is 6.76. The van der Waals surface area contributed by atoms with Crippen LogP contribution in [0.1, 0.15) is 19.4 Å². The van der Waals surface area contributed by atoms with Crippen molar-refractivity contribution in [2.24, 2.45) is 0 Å². The summed E-state index contributed by atoms with van der Waals surface area (Å²) in [5.41, 5.74) is -1.69. The van der Waals surface area contributed by atoms with Crippen LogP contribution in [0.4, 0.5) is 0 Å². The fourth-order valence-corrected chi connectivity index (χ4v) is 3.40. The summed E-state index contributed by atoms with van der Waals surface area (Å²) in [5.74, 6) is -0.850. The van der Waals surface area contributed by atoms with Gasteiger partial charge < -0.3 is 29.2 Å². The molecule has 1 aromatic carbocycles. The number of hydrogen-bond acceptors (Lipinski definition) is 6. The van der Waals surface area contributed by atoms with Gasteiger partial charge in [-0.25, -0.2) is 0 Å². The Bertz CT molecular complexity index is 582. The first-order chi connectivity index (χ1) is 11.4. The van der Waals surface area contributed by atoms with E-state index in [-0.39, 0.29) is 6.61 Å². The first kappa shape index (κ1) is 17.5. The molecule has 0 saturated carbocycles. The van der Waals surface area contributed by atoms with Crippen LogP contribution in [0.5, 0.6) is 0 Å². The quantitative estimate of drug-likeness (QED) is 0.764. The molecule has 0 radical (unpaired) electrons. The molecule has 2 heterocycles. The predicted molar refractivity (Wildman–Crippen MR) is 86.0 cm³/mol. The molecule has 2 saturated heterocycles. The van der Waals surface area contributed by atoms with Gasteiger partial charge in [0.1, 0.15) is 6.10 Å². The summed E-state index contributed by atoms with van der Waals surface area (Å²) in [5, 5.41) is 19.9. The predicted octanol–water partition coefficient (Wildman–Crippen LogP) is 1.36. The van der Waals surface area contributed by atoms with Gasteiger partial charge in [-0.3, -0.25) is 0 Å². The van der Waals surface area contributed by atoms with Crippen LogP contribution in [0.2, 0.25) is 0 Å². The molecule has 0 amide bonds. The molecule has 0 unspecified atom stereocenters. The average Bonchev–Trinajstić information content (AvgIpc) is 3.01. The van der Waals surface area contributed by atoms with Gasteiger partial charge in [0.05, 0.1) is 19.8 Å². The summed E-state index contributed by atoms with van der Waals surface area (Å²) in [6, 6.07) is 9.61. The van der Waals surface area contributed by atoms with Gasteiger partial charge in [-0.2, -0.15) is 0 Å². The smallest absolute Gasteiger partial charge is 0.191 e.